The number of benzene rings is 1. The van der Waals surface area contributed by atoms with Crippen LogP contribution in [0.25, 0.3) is 0 Å². The maximum Gasteiger partial charge on any atom is 0.168 e. The predicted molar refractivity (Wildman–Crippen MR) is 84.0 cm³/mol. The predicted octanol–water partition coefficient (Wildman–Crippen LogP) is 2.74. The van der Waals surface area contributed by atoms with Crippen molar-refractivity contribution < 1.29 is 4.74 Å². The molecule has 2 aromatic rings. The molecule has 0 radical (unpaired) electrons. The lowest BCUT2D eigenvalue weighted by Gasteiger charge is -2.30. The van der Waals surface area contributed by atoms with Crippen molar-refractivity contribution in [2.24, 2.45) is 0 Å². The maximum absolute atomic E-state index is 5.33. The van der Waals surface area contributed by atoms with Crippen LogP contribution in [0.3, 0.4) is 0 Å². The van der Waals surface area contributed by atoms with E-state index in [2.05, 4.69) is 52.1 Å². The van der Waals surface area contributed by atoms with Gasteiger partial charge in [-0.1, -0.05) is 17.8 Å². The average molecular weight is 302 g/mol. The third-order valence-electron chi connectivity index (χ3n) is 3.18. The van der Waals surface area contributed by atoms with E-state index in [-0.39, 0.29) is 0 Å². The second kappa shape index (κ2) is 6.01. The first-order chi connectivity index (χ1) is 10.2. The molecular formula is C15H18N4OS. The molecule has 0 spiro atoms. The number of aromatic nitrogens is 2. The average Bonchev–Trinajstić information content (AvgIpc) is 2.46. The zero-order valence-electron chi connectivity index (χ0n) is 12.4. The Bertz CT molecular complexity index is 647. The second-order valence-electron chi connectivity index (χ2n) is 5.17. The number of nitrogens with zero attached hydrogens (tertiary/aromatic N) is 4. The fraction of sp³-hybridized carbons (Fsp3) is 0.333. The summed E-state index contributed by atoms with van der Waals surface area (Å²) in [5.74, 6) is 0.859. The van der Waals surface area contributed by atoms with E-state index < -0.39 is 0 Å². The summed E-state index contributed by atoms with van der Waals surface area (Å²) < 4.78 is 5.33. The number of methoxy groups -OCH3 is 1. The monoisotopic (exact) mass is 302 g/mol. The molecule has 0 fully saturated rings. The smallest absolute Gasteiger partial charge is 0.168 e. The zero-order chi connectivity index (χ0) is 14.8. The molecule has 0 N–H and O–H groups in total. The van der Waals surface area contributed by atoms with Crippen LogP contribution in [0.1, 0.15) is 5.56 Å². The first-order valence-corrected chi connectivity index (χ1v) is 7.53. The summed E-state index contributed by atoms with van der Waals surface area (Å²) in [6.45, 7) is 1.39. The van der Waals surface area contributed by atoms with Crippen LogP contribution in [0.2, 0.25) is 0 Å². The van der Waals surface area contributed by atoms with Crippen molar-refractivity contribution in [3.8, 4) is 0 Å². The highest BCUT2D eigenvalue weighted by Gasteiger charge is 2.25. The van der Waals surface area contributed by atoms with E-state index in [9.17, 15) is 0 Å². The third-order valence-corrected chi connectivity index (χ3v) is 4.21. The highest BCUT2D eigenvalue weighted by atomic mass is 32.2. The fourth-order valence-corrected chi connectivity index (χ4v) is 3.45. The van der Waals surface area contributed by atoms with Crippen molar-refractivity contribution in [2.75, 3.05) is 32.8 Å². The molecule has 0 aliphatic carbocycles. The summed E-state index contributed by atoms with van der Waals surface area (Å²) in [5, 5.41) is 0.920. The van der Waals surface area contributed by atoms with Crippen LogP contribution >= 0.6 is 11.8 Å². The Hall–Kier alpha value is -1.63. The number of ether oxygens (including phenoxy) is 1. The van der Waals surface area contributed by atoms with Gasteiger partial charge in [0.05, 0.1) is 5.69 Å². The maximum atomic E-state index is 5.33. The Morgan fingerprint density at radius 2 is 2.05 bits per heavy atom. The van der Waals surface area contributed by atoms with Crippen molar-refractivity contribution in [1.29, 1.82) is 0 Å². The van der Waals surface area contributed by atoms with Gasteiger partial charge >= 0.3 is 0 Å². The molecular weight excluding hydrogens is 284 g/mol. The molecule has 0 amide bonds. The number of anilines is 2. The van der Waals surface area contributed by atoms with Crippen LogP contribution in [0.15, 0.2) is 40.5 Å². The largest absolute Gasteiger partial charge is 0.364 e. The van der Waals surface area contributed by atoms with Crippen molar-refractivity contribution in [2.45, 2.75) is 16.5 Å². The summed E-state index contributed by atoms with van der Waals surface area (Å²) >= 11 is 1.66. The van der Waals surface area contributed by atoms with Crippen LogP contribution in [0.5, 0.6) is 0 Å². The molecule has 6 heteroatoms. The van der Waals surface area contributed by atoms with Crippen LogP contribution in [0, 0.1) is 0 Å². The van der Waals surface area contributed by atoms with E-state index in [0.29, 0.717) is 6.73 Å². The number of hydrogen-bond acceptors (Lipinski definition) is 6. The van der Waals surface area contributed by atoms with E-state index in [0.717, 1.165) is 23.1 Å². The van der Waals surface area contributed by atoms with Crippen molar-refractivity contribution in [1.82, 2.24) is 14.9 Å². The molecule has 1 aliphatic rings. The molecule has 0 unspecified atom stereocenters. The van der Waals surface area contributed by atoms with Gasteiger partial charge in [-0.25, -0.2) is 9.97 Å². The minimum atomic E-state index is 0.465. The lowest BCUT2D eigenvalue weighted by molar-refractivity contribution is 0.204. The Morgan fingerprint density at radius 1 is 1.24 bits per heavy atom. The van der Waals surface area contributed by atoms with Gasteiger partial charge in [0, 0.05) is 30.9 Å². The van der Waals surface area contributed by atoms with Gasteiger partial charge in [-0.05, 0) is 31.8 Å². The molecule has 5 nitrogen and oxygen atoms in total. The SMILES string of the molecule is COCN1c2ccc(CN(C)C)cc2Sc2nccnc21. The first-order valence-electron chi connectivity index (χ1n) is 6.72. The van der Waals surface area contributed by atoms with Gasteiger partial charge in [0.25, 0.3) is 0 Å². The van der Waals surface area contributed by atoms with Crippen molar-refractivity contribution >= 4 is 23.3 Å². The number of rotatable bonds is 4. The van der Waals surface area contributed by atoms with Crippen LogP contribution < -0.4 is 4.90 Å². The Balaban J connectivity index is 2.02. The van der Waals surface area contributed by atoms with E-state index in [1.165, 1.54) is 10.5 Å². The van der Waals surface area contributed by atoms with Gasteiger partial charge in [-0.2, -0.15) is 0 Å². The minimum Gasteiger partial charge on any atom is -0.364 e. The summed E-state index contributed by atoms with van der Waals surface area (Å²) in [6.07, 6.45) is 3.44. The Kier molecular flexibility index (Phi) is 4.10. The van der Waals surface area contributed by atoms with Gasteiger partial charge in [0.2, 0.25) is 0 Å². The normalized spacial score (nSPS) is 13.2. The summed E-state index contributed by atoms with van der Waals surface area (Å²) in [7, 11) is 5.84. The highest BCUT2D eigenvalue weighted by Crippen LogP contribution is 2.46. The summed E-state index contributed by atoms with van der Waals surface area (Å²) in [6, 6.07) is 6.52. The highest BCUT2D eigenvalue weighted by molar-refractivity contribution is 7.99. The zero-order valence-corrected chi connectivity index (χ0v) is 13.2. The molecule has 0 saturated carbocycles. The molecule has 3 rings (SSSR count). The molecule has 0 atom stereocenters. The van der Waals surface area contributed by atoms with Gasteiger partial charge in [0.1, 0.15) is 11.8 Å². The third kappa shape index (κ3) is 2.88. The van der Waals surface area contributed by atoms with Crippen molar-refractivity contribution in [3.05, 3.63) is 36.2 Å². The molecule has 1 aliphatic heterocycles. The second-order valence-corrected chi connectivity index (χ2v) is 6.20. The molecule has 1 aromatic carbocycles. The Labute approximate surface area is 129 Å². The molecule has 0 saturated heterocycles. The molecule has 110 valence electrons. The lowest BCUT2D eigenvalue weighted by atomic mass is 10.2. The minimum absolute atomic E-state index is 0.465. The first kappa shape index (κ1) is 14.3. The molecule has 1 aromatic heterocycles. The van der Waals surface area contributed by atoms with Gasteiger partial charge in [-0.15, -0.1) is 0 Å². The lowest BCUT2D eigenvalue weighted by Crippen LogP contribution is -2.24. The Morgan fingerprint density at radius 3 is 2.81 bits per heavy atom. The summed E-state index contributed by atoms with van der Waals surface area (Å²) in [5.41, 5.74) is 2.41. The van der Waals surface area contributed by atoms with E-state index in [4.69, 9.17) is 4.74 Å². The fourth-order valence-electron chi connectivity index (χ4n) is 2.38. The van der Waals surface area contributed by atoms with Crippen LogP contribution in [-0.4, -0.2) is 42.8 Å². The molecule has 2 heterocycles. The van der Waals surface area contributed by atoms with E-state index in [1.807, 2.05) is 0 Å². The number of fused-ring (bicyclic) bond motifs is 2. The summed E-state index contributed by atoms with van der Waals surface area (Å²) in [4.78, 5) is 14.3. The quantitative estimate of drug-likeness (QED) is 0.865. The topological polar surface area (TPSA) is 41.5 Å². The number of hydrogen-bond donors (Lipinski definition) is 0. The van der Waals surface area contributed by atoms with E-state index >= 15 is 0 Å². The molecule has 0 bridgehead atoms. The van der Waals surface area contributed by atoms with Gasteiger partial charge < -0.3 is 9.64 Å². The van der Waals surface area contributed by atoms with Gasteiger partial charge in [-0.3, -0.25) is 4.90 Å². The van der Waals surface area contributed by atoms with E-state index in [1.54, 1.807) is 31.3 Å². The standard InChI is InChI=1S/C15H18N4OS/c1-18(2)9-11-4-5-12-13(8-11)21-15-14(16-6-7-17-15)19(12)10-20-3/h4-8H,9-10H2,1-3H3. The van der Waals surface area contributed by atoms with Crippen LogP contribution in [0.4, 0.5) is 11.5 Å². The molecule has 21 heavy (non-hydrogen) atoms. The van der Waals surface area contributed by atoms with Gasteiger partial charge in [0.15, 0.2) is 5.82 Å². The van der Waals surface area contributed by atoms with Crippen molar-refractivity contribution in [3.63, 3.8) is 0 Å². The van der Waals surface area contributed by atoms with Crippen LogP contribution in [-0.2, 0) is 11.3 Å².